The van der Waals surface area contributed by atoms with Gasteiger partial charge in [0, 0.05) is 68.6 Å². The van der Waals surface area contributed by atoms with Crippen LogP contribution in [0.15, 0.2) is 0 Å². The van der Waals surface area contributed by atoms with Crippen LogP contribution < -0.4 is 3.53 Å². The molecule has 0 saturated carbocycles. The van der Waals surface area contributed by atoms with Gasteiger partial charge in [0.25, 0.3) is 0 Å². The first-order valence-corrected chi connectivity index (χ1v) is 5.47. The highest BCUT2D eigenvalue weighted by Crippen LogP contribution is 2.03. The molecule has 2 N–H and O–H groups in total. The molecular weight excluding hydrogens is 475 g/mol. The van der Waals surface area contributed by atoms with E-state index in [1.807, 2.05) is 3.11 Å². The van der Waals surface area contributed by atoms with Crippen molar-refractivity contribution in [3.63, 3.8) is 0 Å². The Morgan fingerprint density at radius 1 is 1.30 bits per heavy atom. The summed E-state index contributed by atoms with van der Waals surface area (Å²) in [5.74, 6) is 0. The molecule has 0 aromatic carbocycles. The Kier molecular flexibility index (Phi) is 9.22. The van der Waals surface area contributed by atoms with Crippen LogP contribution >= 0.6 is 68.6 Å². The molecule has 0 aliphatic carbocycles. The van der Waals surface area contributed by atoms with Crippen molar-refractivity contribution >= 4 is 68.6 Å². The Hall–Kier alpha value is 2.03. The molecule has 7 heteroatoms. The van der Waals surface area contributed by atoms with Crippen LogP contribution in [0.2, 0.25) is 0 Å². The van der Waals surface area contributed by atoms with Gasteiger partial charge in [-0.2, -0.15) is 0 Å². The summed E-state index contributed by atoms with van der Waals surface area (Å²) in [6.45, 7) is 1.63. The van der Waals surface area contributed by atoms with Gasteiger partial charge in [0.15, 0.2) is 0 Å². The van der Waals surface area contributed by atoms with E-state index in [4.69, 9.17) is 5.11 Å². The summed E-state index contributed by atoms with van der Waals surface area (Å²) in [6, 6.07) is 0. The average molecular weight is 483 g/mol. The van der Waals surface area contributed by atoms with Crippen LogP contribution in [0.5, 0.6) is 0 Å². The highest BCUT2D eigenvalue weighted by atomic mass is 127. The van der Waals surface area contributed by atoms with Crippen molar-refractivity contribution in [3.8, 4) is 0 Å². The van der Waals surface area contributed by atoms with E-state index in [0.717, 1.165) is 13.3 Å². The van der Waals surface area contributed by atoms with Crippen molar-refractivity contribution in [1.29, 1.82) is 0 Å². The monoisotopic (exact) mass is 483 g/mol. The van der Waals surface area contributed by atoms with Crippen molar-refractivity contribution in [3.05, 3.63) is 0 Å². The molecule has 0 aliphatic rings. The summed E-state index contributed by atoms with van der Waals surface area (Å²) in [6.07, 6.45) is 0. The number of rotatable bonds is 5. The minimum absolute atomic E-state index is 0.0846. The standard InChI is InChI=1S/C3H8I3N3O/c4-7-1-8(5)2-9(6)3-10/h7,10H,1-3H2. The van der Waals surface area contributed by atoms with Crippen LogP contribution in [0.1, 0.15) is 0 Å². The summed E-state index contributed by atoms with van der Waals surface area (Å²) in [5.41, 5.74) is 0. The minimum Gasteiger partial charge on any atom is -0.380 e. The average Bonchev–Trinajstić information content (AvgIpc) is 1.88. The molecule has 0 radical (unpaired) electrons. The topological polar surface area (TPSA) is 38.7 Å². The molecule has 0 aliphatic heterocycles. The molecule has 0 aromatic rings. The number of halogens is 3. The number of nitrogens with one attached hydrogen (secondary N) is 1. The van der Waals surface area contributed by atoms with E-state index in [1.165, 1.54) is 0 Å². The molecule has 0 heterocycles. The molecule has 0 spiro atoms. The highest BCUT2D eigenvalue weighted by Gasteiger charge is 2.02. The van der Waals surface area contributed by atoms with Gasteiger partial charge in [-0.3, -0.25) is 0 Å². The van der Waals surface area contributed by atoms with Crippen molar-refractivity contribution in [2.24, 2.45) is 0 Å². The lowest BCUT2D eigenvalue weighted by Crippen LogP contribution is -2.29. The Labute approximate surface area is 102 Å². The molecular formula is C3H8I3N3O. The van der Waals surface area contributed by atoms with E-state index < -0.39 is 0 Å². The van der Waals surface area contributed by atoms with E-state index in [0.29, 0.717) is 0 Å². The van der Waals surface area contributed by atoms with Gasteiger partial charge in [-0.25, -0.2) is 9.76 Å². The quantitative estimate of drug-likeness (QED) is 0.350. The van der Waals surface area contributed by atoms with Crippen molar-refractivity contribution < 1.29 is 5.11 Å². The Morgan fingerprint density at radius 2 is 1.90 bits per heavy atom. The number of hydrogen-bond acceptors (Lipinski definition) is 4. The molecule has 0 bridgehead atoms. The molecule has 10 heavy (non-hydrogen) atoms. The second-order valence-corrected chi connectivity index (χ2v) is 4.99. The van der Waals surface area contributed by atoms with Crippen LogP contribution in [0.3, 0.4) is 0 Å². The molecule has 0 unspecified atom stereocenters. The predicted octanol–water partition coefficient (Wildman–Crippen LogP) is 1.09. The minimum atomic E-state index is 0.0846. The first-order chi connectivity index (χ1) is 4.70. The maximum absolute atomic E-state index is 8.62. The molecule has 0 saturated heterocycles. The smallest absolute Gasteiger partial charge is 0.105 e. The first-order valence-electron chi connectivity index (χ1n) is 2.46. The van der Waals surface area contributed by atoms with E-state index in [9.17, 15) is 0 Å². The number of hydrogen-bond donors (Lipinski definition) is 2. The third-order valence-electron chi connectivity index (χ3n) is 0.692. The zero-order valence-corrected chi connectivity index (χ0v) is 11.6. The van der Waals surface area contributed by atoms with E-state index in [2.05, 4.69) is 72.1 Å². The fraction of sp³-hybridized carbons (Fsp3) is 1.00. The number of aliphatic hydroxyl groups is 1. The third-order valence-corrected chi connectivity index (χ3v) is 2.29. The van der Waals surface area contributed by atoms with Gasteiger partial charge >= 0.3 is 0 Å². The van der Waals surface area contributed by atoms with Crippen LogP contribution in [-0.2, 0) is 0 Å². The molecule has 0 amide bonds. The van der Waals surface area contributed by atoms with Crippen LogP contribution in [0.25, 0.3) is 0 Å². The summed E-state index contributed by atoms with van der Waals surface area (Å²) in [4.78, 5) is 0. The van der Waals surface area contributed by atoms with Gasteiger partial charge in [0.1, 0.15) is 6.73 Å². The van der Waals surface area contributed by atoms with Crippen LogP contribution in [-0.4, -0.2) is 31.4 Å². The summed E-state index contributed by atoms with van der Waals surface area (Å²) in [5, 5.41) is 8.62. The highest BCUT2D eigenvalue weighted by molar-refractivity contribution is 14.1. The Morgan fingerprint density at radius 3 is 2.30 bits per heavy atom. The Bertz CT molecular complexity index is 85.4. The summed E-state index contributed by atoms with van der Waals surface area (Å²) < 4.78 is 6.77. The van der Waals surface area contributed by atoms with E-state index in [1.54, 1.807) is 3.11 Å². The lowest BCUT2D eigenvalue weighted by Gasteiger charge is -2.17. The zero-order chi connectivity index (χ0) is 7.98. The molecule has 0 fully saturated rings. The third kappa shape index (κ3) is 6.72. The lowest BCUT2D eigenvalue weighted by molar-refractivity contribution is 0.182. The summed E-state index contributed by atoms with van der Waals surface area (Å²) >= 11 is 6.34. The molecule has 0 atom stereocenters. The molecule has 0 rings (SSSR count). The Balaban J connectivity index is 3.27. The van der Waals surface area contributed by atoms with E-state index in [-0.39, 0.29) is 6.73 Å². The van der Waals surface area contributed by atoms with Crippen LogP contribution in [0, 0.1) is 0 Å². The van der Waals surface area contributed by atoms with Gasteiger partial charge in [0.2, 0.25) is 0 Å². The van der Waals surface area contributed by atoms with Gasteiger partial charge in [-0.1, -0.05) is 0 Å². The maximum Gasteiger partial charge on any atom is 0.105 e. The zero-order valence-electron chi connectivity index (χ0n) is 5.10. The summed E-state index contributed by atoms with van der Waals surface area (Å²) in [7, 11) is 0. The fourth-order valence-electron chi connectivity index (χ4n) is 0.326. The van der Waals surface area contributed by atoms with Crippen molar-refractivity contribution in [1.82, 2.24) is 9.76 Å². The van der Waals surface area contributed by atoms with Gasteiger partial charge in [-0.05, 0) is 0 Å². The largest absolute Gasteiger partial charge is 0.380 e. The SMILES string of the molecule is OCN(I)CN(I)CNI. The number of nitrogens with zero attached hydrogens (tertiary/aromatic N) is 2. The second-order valence-electron chi connectivity index (χ2n) is 1.50. The molecule has 62 valence electrons. The van der Waals surface area contributed by atoms with Gasteiger partial charge < -0.3 is 5.11 Å². The fourth-order valence-corrected chi connectivity index (χ4v) is 2.88. The van der Waals surface area contributed by atoms with Crippen molar-refractivity contribution in [2.45, 2.75) is 0 Å². The number of aliphatic hydroxyl groups excluding tert-OH is 1. The lowest BCUT2D eigenvalue weighted by atomic mass is 10.9. The first kappa shape index (κ1) is 12.0. The van der Waals surface area contributed by atoms with Crippen LogP contribution in [0.4, 0.5) is 0 Å². The normalized spacial score (nSPS) is 11.4. The maximum atomic E-state index is 8.62. The molecule has 4 nitrogen and oxygen atoms in total. The van der Waals surface area contributed by atoms with Gasteiger partial charge in [-0.15, -0.1) is 0 Å². The van der Waals surface area contributed by atoms with E-state index >= 15 is 0 Å². The molecule has 0 aromatic heterocycles. The predicted molar refractivity (Wildman–Crippen MR) is 65.7 cm³/mol. The van der Waals surface area contributed by atoms with Crippen molar-refractivity contribution in [2.75, 3.05) is 20.1 Å². The van der Waals surface area contributed by atoms with Gasteiger partial charge in [0.05, 0.1) is 13.3 Å². The second kappa shape index (κ2) is 7.67.